The van der Waals surface area contributed by atoms with Gasteiger partial charge in [-0.2, -0.15) is 0 Å². The highest BCUT2D eigenvalue weighted by atomic mass is 32.2. The van der Waals surface area contributed by atoms with E-state index in [2.05, 4.69) is 56.4 Å². The Hall–Kier alpha value is -1.74. The second-order valence-corrected chi connectivity index (χ2v) is 7.22. The second kappa shape index (κ2) is 7.50. The van der Waals surface area contributed by atoms with Gasteiger partial charge in [-0.25, -0.2) is 0 Å². The first-order valence-corrected chi connectivity index (χ1v) is 8.48. The van der Waals surface area contributed by atoms with E-state index < -0.39 is 0 Å². The molecule has 1 amide bonds. The number of anilines is 1. The lowest BCUT2D eigenvalue weighted by atomic mass is 10.0. The Balaban J connectivity index is 2.04. The number of amides is 1. The van der Waals surface area contributed by atoms with E-state index in [4.69, 9.17) is 0 Å². The van der Waals surface area contributed by atoms with Crippen molar-refractivity contribution < 1.29 is 4.79 Å². The number of benzene rings is 2. The summed E-state index contributed by atoms with van der Waals surface area (Å²) in [5.41, 5.74) is 3.31. The number of carbonyl (C=O) groups excluding carboxylic acids is 1. The highest BCUT2D eigenvalue weighted by molar-refractivity contribution is 8.00. The summed E-state index contributed by atoms with van der Waals surface area (Å²) in [5, 5.41) is 2.93. The third-order valence-electron chi connectivity index (χ3n) is 3.54. The molecule has 22 heavy (non-hydrogen) atoms. The van der Waals surface area contributed by atoms with Crippen molar-refractivity contribution in [1.82, 2.24) is 0 Å². The molecule has 2 aromatic carbocycles. The fourth-order valence-electron chi connectivity index (χ4n) is 2.22. The summed E-state index contributed by atoms with van der Waals surface area (Å²) in [4.78, 5) is 13.5. The molecule has 3 heteroatoms. The van der Waals surface area contributed by atoms with Crippen LogP contribution in [0.4, 0.5) is 5.69 Å². The molecule has 0 aliphatic carbocycles. The van der Waals surface area contributed by atoms with Gasteiger partial charge in [0.1, 0.15) is 0 Å². The molecule has 1 unspecified atom stereocenters. The minimum atomic E-state index is -0.136. The molecule has 0 fully saturated rings. The van der Waals surface area contributed by atoms with Gasteiger partial charge in [0.25, 0.3) is 0 Å². The van der Waals surface area contributed by atoms with E-state index in [0.29, 0.717) is 5.92 Å². The molecular formula is C19H23NOS. The van der Waals surface area contributed by atoms with Crippen molar-refractivity contribution >= 4 is 23.4 Å². The molecule has 0 radical (unpaired) electrons. The zero-order chi connectivity index (χ0) is 16.1. The average molecular weight is 313 g/mol. The Morgan fingerprint density at radius 3 is 2.27 bits per heavy atom. The Bertz CT molecular complexity index is 634. The van der Waals surface area contributed by atoms with Crippen LogP contribution < -0.4 is 5.32 Å². The predicted octanol–water partition coefficient (Wildman–Crippen LogP) is 5.24. The third kappa shape index (κ3) is 4.38. The molecule has 2 aromatic rings. The normalized spacial score (nSPS) is 12.2. The summed E-state index contributed by atoms with van der Waals surface area (Å²) in [6.45, 7) is 8.27. The first-order chi connectivity index (χ1) is 10.5. The van der Waals surface area contributed by atoms with Crippen molar-refractivity contribution in [1.29, 1.82) is 0 Å². The number of nitrogens with one attached hydrogen (secondary N) is 1. The van der Waals surface area contributed by atoms with Crippen LogP contribution >= 0.6 is 11.8 Å². The van der Waals surface area contributed by atoms with Crippen molar-refractivity contribution in [3.63, 3.8) is 0 Å². The highest BCUT2D eigenvalue weighted by Crippen LogP contribution is 2.27. The van der Waals surface area contributed by atoms with Gasteiger partial charge < -0.3 is 5.32 Å². The maximum atomic E-state index is 12.4. The summed E-state index contributed by atoms with van der Waals surface area (Å²) in [5.74, 6) is 0.426. The minimum absolute atomic E-state index is 0.0404. The fraction of sp³-hybridized carbons (Fsp3) is 0.316. The Morgan fingerprint density at radius 1 is 1.00 bits per heavy atom. The molecule has 116 valence electrons. The summed E-state index contributed by atoms with van der Waals surface area (Å²) in [6, 6.07) is 16.3. The lowest BCUT2D eigenvalue weighted by Crippen LogP contribution is -2.23. The molecule has 0 saturated heterocycles. The smallest absolute Gasteiger partial charge is 0.237 e. The molecular weight excluding hydrogens is 290 g/mol. The molecule has 0 spiro atoms. The van der Waals surface area contributed by atoms with Crippen LogP contribution in [0.3, 0.4) is 0 Å². The van der Waals surface area contributed by atoms with Gasteiger partial charge in [-0.3, -0.25) is 4.79 Å². The zero-order valence-electron chi connectivity index (χ0n) is 13.6. The van der Waals surface area contributed by atoms with E-state index in [9.17, 15) is 4.79 Å². The highest BCUT2D eigenvalue weighted by Gasteiger charge is 2.16. The van der Waals surface area contributed by atoms with Crippen molar-refractivity contribution in [2.45, 2.75) is 43.8 Å². The van der Waals surface area contributed by atoms with Gasteiger partial charge in [-0.15, -0.1) is 11.8 Å². The molecule has 2 rings (SSSR count). The van der Waals surface area contributed by atoms with E-state index in [0.717, 1.165) is 10.6 Å². The Labute approximate surface area is 137 Å². The minimum Gasteiger partial charge on any atom is -0.325 e. The predicted molar refractivity (Wildman–Crippen MR) is 95.7 cm³/mol. The van der Waals surface area contributed by atoms with E-state index in [1.54, 1.807) is 11.8 Å². The van der Waals surface area contributed by atoms with Crippen molar-refractivity contribution in [3.05, 3.63) is 59.7 Å². The van der Waals surface area contributed by atoms with Crippen LogP contribution in [0.25, 0.3) is 0 Å². The summed E-state index contributed by atoms with van der Waals surface area (Å²) in [7, 11) is 0. The number of aryl methyl sites for hydroxylation is 1. The molecule has 0 bridgehead atoms. The molecule has 0 aliphatic heterocycles. The monoisotopic (exact) mass is 313 g/mol. The quantitative estimate of drug-likeness (QED) is 0.765. The lowest BCUT2D eigenvalue weighted by molar-refractivity contribution is -0.115. The first-order valence-electron chi connectivity index (χ1n) is 7.60. The van der Waals surface area contributed by atoms with Crippen LogP contribution in [-0.4, -0.2) is 11.2 Å². The van der Waals surface area contributed by atoms with Crippen LogP contribution in [0, 0.1) is 6.92 Å². The van der Waals surface area contributed by atoms with Gasteiger partial charge in [-0.05, 0) is 43.5 Å². The maximum Gasteiger partial charge on any atom is 0.237 e. The van der Waals surface area contributed by atoms with Gasteiger partial charge in [0.15, 0.2) is 0 Å². The van der Waals surface area contributed by atoms with E-state index >= 15 is 0 Å². The van der Waals surface area contributed by atoms with Crippen LogP contribution in [0.2, 0.25) is 0 Å². The number of hydrogen-bond donors (Lipinski definition) is 1. The number of thioether (sulfide) groups is 1. The van der Waals surface area contributed by atoms with Crippen LogP contribution in [-0.2, 0) is 4.79 Å². The van der Waals surface area contributed by atoms with Gasteiger partial charge in [0.2, 0.25) is 5.91 Å². The van der Waals surface area contributed by atoms with Gasteiger partial charge >= 0.3 is 0 Å². The zero-order valence-corrected chi connectivity index (χ0v) is 14.4. The summed E-state index contributed by atoms with van der Waals surface area (Å²) in [6.07, 6.45) is 0. The van der Waals surface area contributed by atoms with Gasteiger partial charge in [0.05, 0.1) is 5.25 Å². The standard InChI is InChI=1S/C19H23NOS/c1-13(2)17-7-5-6-8-18(17)20-19(21)15(4)22-16-11-9-14(3)10-12-16/h5-13,15H,1-4H3,(H,20,21). The molecule has 1 atom stereocenters. The number of rotatable bonds is 5. The SMILES string of the molecule is Cc1ccc(SC(C)C(=O)Nc2ccccc2C(C)C)cc1. The average Bonchev–Trinajstić information content (AvgIpc) is 2.49. The third-order valence-corrected chi connectivity index (χ3v) is 4.66. The Kier molecular flexibility index (Phi) is 5.67. The molecule has 0 heterocycles. The maximum absolute atomic E-state index is 12.4. The van der Waals surface area contributed by atoms with Crippen molar-refractivity contribution in [3.8, 4) is 0 Å². The lowest BCUT2D eigenvalue weighted by Gasteiger charge is -2.16. The number of carbonyl (C=O) groups is 1. The number of hydrogen-bond acceptors (Lipinski definition) is 2. The molecule has 2 nitrogen and oxygen atoms in total. The second-order valence-electron chi connectivity index (χ2n) is 5.80. The largest absolute Gasteiger partial charge is 0.325 e. The first kappa shape index (κ1) is 16.6. The van der Waals surface area contributed by atoms with Crippen LogP contribution in [0.15, 0.2) is 53.4 Å². The van der Waals surface area contributed by atoms with E-state index in [1.807, 2.05) is 25.1 Å². The van der Waals surface area contributed by atoms with E-state index in [1.165, 1.54) is 11.1 Å². The van der Waals surface area contributed by atoms with Crippen molar-refractivity contribution in [2.75, 3.05) is 5.32 Å². The Morgan fingerprint density at radius 2 is 1.64 bits per heavy atom. The molecule has 0 aliphatic rings. The molecule has 1 N–H and O–H groups in total. The van der Waals surface area contributed by atoms with Crippen molar-refractivity contribution in [2.24, 2.45) is 0 Å². The van der Waals surface area contributed by atoms with Crippen LogP contribution in [0.5, 0.6) is 0 Å². The number of para-hydroxylation sites is 1. The summed E-state index contributed by atoms with van der Waals surface area (Å²) >= 11 is 1.58. The topological polar surface area (TPSA) is 29.1 Å². The van der Waals surface area contributed by atoms with Gasteiger partial charge in [0, 0.05) is 10.6 Å². The molecule has 0 aromatic heterocycles. The van der Waals surface area contributed by atoms with E-state index in [-0.39, 0.29) is 11.2 Å². The fourth-order valence-corrected chi connectivity index (χ4v) is 3.09. The molecule has 0 saturated carbocycles. The van der Waals surface area contributed by atoms with Gasteiger partial charge in [-0.1, -0.05) is 49.7 Å². The summed E-state index contributed by atoms with van der Waals surface area (Å²) < 4.78 is 0. The van der Waals surface area contributed by atoms with Crippen LogP contribution in [0.1, 0.15) is 37.8 Å².